The van der Waals surface area contributed by atoms with Gasteiger partial charge in [-0.25, -0.2) is 0 Å². The smallest absolute Gasteiger partial charge is 0.186 e. The fraction of sp³-hybridized carbons (Fsp3) is 0.500. The monoisotopic (exact) mass is 456 g/mol. The summed E-state index contributed by atoms with van der Waals surface area (Å²) in [6.07, 6.45) is 0. The van der Waals surface area contributed by atoms with Gasteiger partial charge in [-0.3, -0.25) is 9.59 Å². The van der Waals surface area contributed by atoms with Gasteiger partial charge in [0.2, 0.25) is 0 Å². The van der Waals surface area contributed by atoms with Crippen molar-refractivity contribution in [1.29, 1.82) is 0 Å². The summed E-state index contributed by atoms with van der Waals surface area (Å²) in [6.45, 7) is 3.12. The molecule has 0 aromatic rings. The Morgan fingerprint density at radius 3 is 1.43 bits per heavy atom. The van der Waals surface area contributed by atoms with Crippen molar-refractivity contribution in [2.45, 2.75) is 13.8 Å². The molecule has 0 aliphatic heterocycles. The first-order valence-electron chi connectivity index (χ1n) is 3.73. The molecule has 0 spiro atoms. The number of rotatable bonds is 4. The Morgan fingerprint density at radius 2 is 1.21 bits per heavy atom. The van der Waals surface area contributed by atoms with E-state index in [9.17, 15) is 9.59 Å². The zero-order valence-electron chi connectivity index (χ0n) is 7.80. The van der Waals surface area contributed by atoms with Gasteiger partial charge in [-0.2, -0.15) is 0 Å². The maximum absolute atomic E-state index is 10.7. The Bertz CT molecular complexity index is 238. The Balaban J connectivity index is 4.01. The molecule has 0 aliphatic rings. The van der Waals surface area contributed by atoms with Gasteiger partial charge in [-0.05, 0) is 45.2 Å². The standard InChI is InChI=1S/C8H10I2O2S2/c1-5(11)13-3-7(9)8(10)4-14-6(2)12/h3-4H2,1-2H3/b8-7+. The minimum Gasteiger partial charge on any atom is -0.288 e. The zero-order valence-corrected chi connectivity index (χ0v) is 13.8. The van der Waals surface area contributed by atoms with Crippen molar-refractivity contribution in [2.75, 3.05) is 11.5 Å². The van der Waals surface area contributed by atoms with E-state index in [-0.39, 0.29) is 10.2 Å². The van der Waals surface area contributed by atoms with Crippen LogP contribution in [0, 0.1) is 0 Å². The first kappa shape index (κ1) is 15.2. The molecule has 0 amide bonds. The quantitative estimate of drug-likeness (QED) is 0.606. The first-order chi connectivity index (χ1) is 6.43. The molecule has 0 aromatic heterocycles. The first-order valence-corrected chi connectivity index (χ1v) is 7.86. The fourth-order valence-electron chi connectivity index (χ4n) is 0.487. The van der Waals surface area contributed by atoms with Crippen LogP contribution in [0.25, 0.3) is 0 Å². The maximum Gasteiger partial charge on any atom is 0.186 e. The lowest BCUT2D eigenvalue weighted by Gasteiger charge is -2.01. The lowest BCUT2D eigenvalue weighted by Crippen LogP contribution is -1.91. The number of hydrogen-bond acceptors (Lipinski definition) is 4. The van der Waals surface area contributed by atoms with E-state index in [0.29, 0.717) is 11.5 Å². The van der Waals surface area contributed by atoms with Crippen LogP contribution in [0.5, 0.6) is 0 Å². The molecule has 0 radical (unpaired) electrons. The second-order valence-electron chi connectivity index (χ2n) is 2.37. The van der Waals surface area contributed by atoms with Crippen molar-refractivity contribution in [3.8, 4) is 0 Å². The third kappa shape index (κ3) is 8.54. The van der Waals surface area contributed by atoms with Crippen LogP contribution in [0.1, 0.15) is 13.8 Å². The predicted octanol–water partition coefficient (Wildman–Crippen LogP) is 3.63. The summed E-state index contributed by atoms with van der Waals surface area (Å²) in [7, 11) is 0. The van der Waals surface area contributed by atoms with Gasteiger partial charge >= 0.3 is 0 Å². The highest BCUT2D eigenvalue weighted by atomic mass is 127. The molecule has 0 atom stereocenters. The van der Waals surface area contributed by atoms with E-state index in [1.54, 1.807) is 13.8 Å². The van der Waals surface area contributed by atoms with E-state index in [1.165, 1.54) is 23.5 Å². The Hall–Kier alpha value is 1.24. The van der Waals surface area contributed by atoms with Gasteiger partial charge in [-0.1, -0.05) is 23.5 Å². The maximum atomic E-state index is 10.7. The summed E-state index contributed by atoms with van der Waals surface area (Å²) in [5.74, 6) is 1.43. The van der Waals surface area contributed by atoms with Crippen molar-refractivity contribution in [1.82, 2.24) is 0 Å². The van der Waals surface area contributed by atoms with Gasteiger partial charge in [0.25, 0.3) is 0 Å². The Morgan fingerprint density at radius 1 is 0.929 bits per heavy atom. The molecule has 0 saturated carbocycles. The summed E-state index contributed by atoms with van der Waals surface area (Å²) >= 11 is 7.04. The fourth-order valence-corrected chi connectivity index (χ4v) is 3.33. The molecule has 2 nitrogen and oxygen atoms in total. The van der Waals surface area contributed by atoms with Crippen LogP contribution in [-0.2, 0) is 9.59 Å². The molecule has 0 rings (SSSR count). The average Bonchev–Trinajstić information content (AvgIpc) is 2.09. The molecule has 14 heavy (non-hydrogen) atoms. The van der Waals surface area contributed by atoms with Crippen LogP contribution >= 0.6 is 68.7 Å². The third-order valence-corrected chi connectivity index (χ3v) is 6.91. The molecule has 0 aromatic carbocycles. The lowest BCUT2D eigenvalue weighted by molar-refractivity contribution is -0.109. The average molecular weight is 456 g/mol. The molecule has 0 fully saturated rings. The SMILES string of the molecule is CC(=O)SC/C(I)=C(\I)CSC(C)=O. The summed E-state index contributed by atoms with van der Waals surface area (Å²) < 4.78 is 2.30. The van der Waals surface area contributed by atoms with Crippen LogP contribution in [0.2, 0.25) is 0 Å². The van der Waals surface area contributed by atoms with E-state index in [1.807, 2.05) is 0 Å². The molecule has 0 N–H and O–H groups in total. The number of halogens is 2. The van der Waals surface area contributed by atoms with Gasteiger partial charge < -0.3 is 0 Å². The molecule has 0 aliphatic carbocycles. The van der Waals surface area contributed by atoms with E-state index in [2.05, 4.69) is 45.2 Å². The summed E-state index contributed by atoms with van der Waals surface area (Å²) in [5.41, 5.74) is 0. The minimum absolute atomic E-state index is 0.127. The van der Waals surface area contributed by atoms with Crippen molar-refractivity contribution in [2.24, 2.45) is 0 Å². The van der Waals surface area contributed by atoms with Gasteiger partial charge in [0.15, 0.2) is 10.2 Å². The second-order valence-corrected chi connectivity index (χ2v) is 7.28. The molecule has 0 unspecified atom stereocenters. The van der Waals surface area contributed by atoms with Crippen LogP contribution in [0.3, 0.4) is 0 Å². The highest BCUT2D eigenvalue weighted by Crippen LogP contribution is 2.26. The van der Waals surface area contributed by atoms with Gasteiger partial charge in [-0.15, -0.1) is 0 Å². The van der Waals surface area contributed by atoms with Crippen LogP contribution in [0.15, 0.2) is 7.16 Å². The molecular formula is C8H10I2O2S2. The van der Waals surface area contributed by atoms with E-state index in [4.69, 9.17) is 0 Å². The van der Waals surface area contributed by atoms with Gasteiger partial charge in [0.05, 0.1) is 0 Å². The normalized spacial score (nSPS) is 12.3. The molecule has 0 saturated heterocycles. The molecule has 0 bridgehead atoms. The van der Waals surface area contributed by atoms with Crippen LogP contribution in [0.4, 0.5) is 0 Å². The van der Waals surface area contributed by atoms with Crippen molar-refractivity contribution in [3.63, 3.8) is 0 Å². The number of thioether (sulfide) groups is 2. The van der Waals surface area contributed by atoms with Crippen molar-refractivity contribution in [3.05, 3.63) is 7.16 Å². The van der Waals surface area contributed by atoms with Crippen LogP contribution in [-0.4, -0.2) is 21.7 Å². The Kier molecular flexibility index (Phi) is 9.14. The Labute approximate surface area is 120 Å². The van der Waals surface area contributed by atoms with E-state index in [0.717, 1.165) is 7.16 Å². The summed E-state index contributed by atoms with van der Waals surface area (Å²) in [5, 5.41) is 0.255. The highest BCUT2D eigenvalue weighted by Gasteiger charge is 2.04. The highest BCUT2D eigenvalue weighted by molar-refractivity contribution is 14.1. The molecule has 6 heteroatoms. The molecule has 80 valence electrons. The number of hydrogen-bond donors (Lipinski definition) is 0. The van der Waals surface area contributed by atoms with Crippen molar-refractivity contribution < 1.29 is 9.59 Å². The van der Waals surface area contributed by atoms with E-state index < -0.39 is 0 Å². The zero-order chi connectivity index (χ0) is 11.1. The lowest BCUT2D eigenvalue weighted by atomic mass is 10.6. The largest absolute Gasteiger partial charge is 0.288 e. The summed E-state index contributed by atoms with van der Waals surface area (Å²) in [4.78, 5) is 21.4. The van der Waals surface area contributed by atoms with Crippen molar-refractivity contribution >= 4 is 78.9 Å². The molecule has 0 heterocycles. The van der Waals surface area contributed by atoms with Gasteiger partial charge in [0.1, 0.15) is 0 Å². The number of carbonyl (C=O) groups is 2. The number of carbonyl (C=O) groups excluding carboxylic acids is 2. The second kappa shape index (κ2) is 8.40. The van der Waals surface area contributed by atoms with Crippen LogP contribution < -0.4 is 0 Å². The minimum atomic E-state index is 0.127. The molecular weight excluding hydrogens is 446 g/mol. The van der Waals surface area contributed by atoms with E-state index >= 15 is 0 Å². The topological polar surface area (TPSA) is 34.1 Å². The van der Waals surface area contributed by atoms with Gasteiger partial charge in [0, 0.05) is 32.5 Å². The third-order valence-electron chi connectivity index (χ3n) is 1.10. The predicted molar refractivity (Wildman–Crippen MR) is 81.3 cm³/mol. The summed E-state index contributed by atoms with van der Waals surface area (Å²) in [6, 6.07) is 0.